The minimum Gasteiger partial charge on any atom is -0.361 e. The maximum absolute atomic E-state index is 8.83. The molecule has 3 heteroatoms. The Hall–Kier alpha value is -2.60. The molecule has 0 atom stereocenters. The van der Waals surface area contributed by atoms with Crippen LogP contribution in [0.3, 0.4) is 0 Å². The Labute approximate surface area is 98.4 Å². The number of benzene rings is 1. The second-order valence-corrected chi connectivity index (χ2v) is 3.80. The summed E-state index contributed by atoms with van der Waals surface area (Å²) >= 11 is 0. The first-order valence-electron chi connectivity index (χ1n) is 5.31. The fraction of sp³-hybridized carbons (Fsp3) is 0. The van der Waals surface area contributed by atoms with E-state index in [9.17, 15) is 0 Å². The first-order chi connectivity index (χ1) is 8.36. The normalized spacial score (nSPS) is 10.3. The van der Waals surface area contributed by atoms with Crippen LogP contribution in [-0.4, -0.2) is 9.97 Å². The molecule has 0 fully saturated rings. The molecule has 3 aromatic rings. The standard InChI is InChI=1S/C14H9N3/c15-9-12-2-1-3-14(17-12)10-4-5-13-11(8-10)6-7-16-13/h1-8,16H. The van der Waals surface area contributed by atoms with Gasteiger partial charge in [0.15, 0.2) is 0 Å². The lowest BCUT2D eigenvalue weighted by Gasteiger charge is -2.01. The first kappa shape index (κ1) is 9.61. The van der Waals surface area contributed by atoms with Crippen LogP contribution in [0.25, 0.3) is 22.2 Å². The van der Waals surface area contributed by atoms with E-state index in [-0.39, 0.29) is 0 Å². The Morgan fingerprint density at radius 1 is 1.12 bits per heavy atom. The molecule has 2 aromatic heterocycles. The summed E-state index contributed by atoms with van der Waals surface area (Å²) in [6.07, 6.45) is 1.91. The minimum atomic E-state index is 0.441. The van der Waals surface area contributed by atoms with E-state index in [2.05, 4.69) is 22.1 Å². The zero-order valence-electron chi connectivity index (χ0n) is 9.01. The quantitative estimate of drug-likeness (QED) is 0.683. The van der Waals surface area contributed by atoms with Crippen LogP contribution in [0, 0.1) is 11.3 Å². The number of H-pyrrole nitrogens is 1. The lowest BCUT2D eigenvalue weighted by Crippen LogP contribution is -1.86. The minimum absolute atomic E-state index is 0.441. The van der Waals surface area contributed by atoms with Gasteiger partial charge in [-0.25, -0.2) is 4.98 Å². The van der Waals surface area contributed by atoms with Crippen LogP contribution in [0.15, 0.2) is 48.7 Å². The Kier molecular flexibility index (Phi) is 2.13. The number of aromatic nitrogens is 2. The summed E-state index contributed by atoms with van der Waals surface area (Å²) < 4.78 is 0. The Morgan fingerprint density at radius 3 is 2.94 bits per heavy atom. The lowest BCUT2D eigenvalue weighted by molar-refractivity contribution is 1.27. The Balaban J connectivity index is 2.16. The van der Waals surface area contributed by atoms with Crippen LogP contribution in [0.4, 0.5) is 0 Å². The van der Waals surface area contributed by atoms with Gasteiger partial charge in [-0.2, -0.15) is 5.26 Å². The largest absolute Gasteiger partial charge is 0.361 e. The van der Waals surface area contributed by atoms with E-state index in [1.807, 2.05) is 36.5 Å². The second-order valence-electron chi connectivity index (χ2n) is 3.80. The van der Waals surface area contributed by atoms with Crippen LogP contribution in [0.1, 0.15) is 5.69 Å². The van der Waals surface area contributed by atoms with E-state index < -0.39 is 0 Å². The van der Waals surface area contributed by atoms with Gasteiger partial charge in [-0.15, -0.1) is 0 Å². The summed E-state index contributed by atoms with van der Waals surface area (Å²) in [4.78, 5) is 7.43. The number of nitriles is 1. The molecular weight excluding hydrogens is 210 g/mol. The molecule has 0 spiro atoms. The van der Waals surface area contributed by atoms with Crippen molar-refractivity contribution in [1.82, 2.24) is 9.97 Å². The number of hydrogen-bond acceptors (Lipinski definition) is 2. The molecule has 0 amide bonds. The van der Waals surface area contributed by atoms with Gasteiger partial charge in [-0.1, -0.05) is 12.1 Å². The lowest BCUT2D eigenvalue weighted by atomic mass is 10.1. The molecule has 80 valence electrons. The zero-order valence-corrected chi connectivity index (χ0v) is 9.01. The van der Waals surface area contributed by atoms with Crippen molar-refractivity contribution >= 4 is 10.9 Å². The molecule has 0 aliphatic heterocycles. The molecule has 0 aliphatic rings. The van der Waals surface area contributed by atoms with E-state index in [1.165, 1.54) is 0 Å². The predicted molar refractivity (Wildman–Crippen MR) is 66.2 cm³/mol. The summed E-state index contributed by atoms with van der Waals surface area (Å²) in [5.41, 5.74) is 3.39. The van der Waals surface area contributed by atoms with Gasteiger partial charge >= 0.3 is 0 Å². The molecule has 0 saturated heterocycles. The van der Waals surface area contributed by atoms with Crippen molar-refractivity contribution < 1.29 is 0 Å². The maximum atomic E-state index is 8.83. The highest BCUT2D eigenvalue weighted by Gasteiger charge is 2.02. The molecule has 0 aliphatic carbocycles. The molecule has 2 heterocycles. The van der Waals surface area contributed by atoms with Crippen LogP contribution in [0.2, 0.25) is 0 Å². The highest BCUT2D eigenvalue weighted by atomic mass is 14.7. The second kappa shape index (κ2) is 3.76. The number of nitrogens with one attached hydrogen (secondary N) is 1. The number of aromatic amines is 1. The average Bonchev–Trinajstić information content (AvgIpc) is 2.86. The third kappa shape index (κ3) is 1.66. The monoisotopic (exact) mass is 219 g/mol. The molecule has 1 N–H and O–H groups in total. The number of fused-ring (bicyclic) bond motifs is 1. The van der Waals surface area contributed by atoms with Crippen LogP contribution in [-0.2, 0) is 0 Å². The van der Waals surface area contributed by atoms with E-state index in [1.54, 1.807) is 6.07 Å². The number of rotatable bonds is 1. The van der Waals surface area contributed by atoms with Gasteiger partial charge in [0.1, 0.15) is 11.8 Å². The summed E-state index contributed by atoms with van der Waals surface area (Å²) in [5, 5.41) is 9.98. The van der Waals surface area contributed by atoms with Crippen molar-refractivity contribution in [3.05, 3.63) is 54.4 Å². The molecule has 3 rings (SSSR count). The van der Waals surface area contributed by atoms with Gasteiger partial charge in [0.25, 0.3) is 0 Å². The van der Waals surface area contributed by atoms with Crippen molar-refractivity contribution in [2.24, 2.45) is 0 Å². The summed E-state index contributed by atoms with van der Waals surface area (Å²) in [6, 6.07) is 15.6. The van der Waals surface area contributed by atoms with Gasteiger partial charge in [0.05, 0.1) is 5.69 Å². The Bertz CT molecular complexity index is 719. The highest BCUT2D eigenvalue weighted by molar-refractivity contribution is 5.84. The van der Waals surface area contributed by atoms with Crippen LogP contribution < -0.4 is 0 Å². The Morgan fingerprint density at radius 2 is 2.06 bits per heavy atom. The maximum Gasteiger partial charge on any atom is 0.141 e. The molecule has 0 radical (unpaired) electrons. The van der Waals surface area contributed by atoms with E-state index >= 15 is 0 Å². The fourth-order valence-electron chi connectivity index (χ4n) is 1.87. The van der Waals surface area contributed by atoms with Crippen molar-refractivity contribution in [3.8, 4) is 17.3 Å². The third-order valence-electron chi connectivity index (χ3n) is 2.71. The fourth-order valence-corrected chi connectivity index (χ4v) is 1.87. The van der Waals surface area contributed by atoms with Crippen molar-refractivity contribution in [2.75, 3.05) is 0 Å². The molecule has 0 unspecified atom stereocenters. The average molecular weight is 219 g/mol. The van der Waals surface area contributed by atoms with Gasteiger partial charge in [-0.05, 0) is 30.3 Å². The SMILES string of the molecule is N#Cc1cccc(-c2ccc3[nH]ccc3c2)n1. The molecule has 1 aromatic carbocycles. The van der Waals surface area contributed by atoms with Gasteiger partial charge in [0.2, 0.25) is 0 Å². The molecule has 3 nitrogen and oxygen atoms in total. The summed E-state index contributed by atoms with van der Waals surface area (Å²) in [6.45, 7) is 0. The topological polar surface area (TPSA) is 52.5 Å². The number of nitrogens with zero attached hydrogens (tertiary/aromatic N) is 2. The molecular formula is C14H9N3. The van der Waals surface area contributed by atoms with Crippen molar-refractivity contribution in [1.29, 1.82) is 5.26 Å². The number of hydrogen-bond donors (Lipinski definition) is 1. The molecule has 0 bridgehead atoms. The van der Waals surface area contributed by atoms with E-state index in [0.29, 0.717) is 5.69 Å². The van der Waals surface area contributed by atoms with Crippen LogP contribution >= 0.6 is 0 Å². The van der Waals surface area contributed by atoms with Gasteiger partial charge in [0, 0.05) is 22.7 Å². The van der Waals surface area contributed by atoms with Crippen LogP contribution in [0.5, 0.6) is 0 Å². The summed E-state index contributed by atoms with van der Waals surface area (Å²) in [7, 11) is 0. The van der Waals surface area contributed by atoms with Gasteiger partial charge < -0.3 is 4.98 Å². The van der Waals surface area contributed by atoms with E-state index in [0.717, 1.165) is 22.2 Å². The third-order valence-corrected chi connectivity index (χ3v) is 2.71. The predicted octanol–water partition coefficient (Wildman–Crippen LogP) is 3.10. The highest BCUT2D eigenvalue weighted by Crippen LogP contribution is 2.22. The molecule has 17 heavy (non-hydrogen) atoms. The summed E-state index contributed by atoms with van der Waals surface area (Å²) in [5.74, 6) is 0. The molecule has 0 saturated carbocycles. The van der Waals surface area contributed by atoms with Gasteiger partial charge in [-0.3, -0.25) is 0 Å². The van der Waals surface area contributed by atoms with Crippen molar-refractivity contribution in [3.63, 3.8) is 0 Å². The smallest absolute Gasteiger partial charge is 0.141 e. The number of pyridine rings is 1. The first-order valence-corrected chi connectivity index (χ1v) is 5.31. The zero-order chi connectivity index (χ0) is 11.7. The van der Waals surface area contributed by atoms with Crippen molar-refractivity contribution in [2.45, 2.75) is 0 Å². The van der Waals surface area contributed by atoms with E-state index in [4.69, 9.17) is 5.26 Å².